The average molecular weight is 253 g/mol. The molecule has 0 spiro atoms. The van der Waals surface area contributed by atoms with E-state index in [2.05, 4.69) is 10.7 Å². The molecular formula is C13H19NO2S. The van der Waals surface area contributed by atoms with E-state index in [1.165, 1.54) is 24.8 Å². The maximum Gasteiger partial charge on any atom is 0.412 e. The Morgan fingerprint density at radius 1 is 1.41 bits per heavy atom. The fraction of sp³-hybridized carbons (Fsp3) is 0.615. The molecule has 1 aliphatic rings. The van der Waals surface area contributed by atoms with Crippen LogP contribution >= 0.6 is 11.3 Å². The van der Waals surface area contributed by atoms with E-state index in [0.29, 0.717) is 5.92 Å². The molecule has 3 nitrogen and oxygen atoms in total. The van der Waals surface area contributed by atoms with Crippen LogP contribution in [0.25, 0.3) is 0 Å². The van der Waals surface area contributed by atoms with Crippen molar-refractivity contribution in [2.24, 2.45) is 0 Å². The molecule has 0 bridgehead atoms. The number of anilines is 1. The molecular weight excluding hydrogens is 234 g/mol. The van der Waals surface area contributed by atoms with Crippen molar-refractivity contribution < 1.29 is 9.53 Å². The molecule has 1 aromatic rings. The Morgan fingerprint density at radius 2 is 2.12 bits per heavy atom. The Labute approximate surface area is 106 Å². The van der Waals surface area contributed by atoms with Crippen LogP contribution in [0.15, 0.2) is 10.8 Å². The van der Waals surface area contributed by atoms with Gasteiger partial charge in [0.05, 0.1) is 5.69 Å². The van der Waals surface area contributed by atoms with Gasteiger partial charge in [0.1, 0.15) is 5.60 Å². The van der Waals surface area contributed by atoms with E-state index < -0.39 is 5.60 Å². The van der Waals surface area contributed by atoms with Crippen molar-refractivity contribution in [1.82, 2.24) is 0 Å². The van der Waals surface area contributed by atoms with Crippen LogP contribution in [0.5, 0.6) is 0 Å². The minimum atomic E-state index is -0.448. The minimum Gasteiger partial charge on any atom is -0.444 e. The molecule has 0 aromatic carbocycles. The molecule has 0 aliphatic heterocycles. The summed E-state index contributed by atoms with van der Waals surface area (Å²) < 4.78 is 5.25. The van der Waals surface area contributed by atoms with Crippen LogP contribution in [0.3, 0.4) is 0 Å². The zero-order valence-electron chi connectivity index (χ0n) is 10.6. The molecule has 17 heavy (non-hydrogen) atoms. The maximum atomic E-state index is 11.7. The van der Waals surface area contributed by atoms with Gasteiger partial charge >= 0.3 is 6.09 Å². The molecule has 0 radical (unpaired) electrons. The van der Waals surface area contributed by atoms with E-state index >= 15 is 0 Å². The third-order valence-corrected chi connectivity index (χ3v) is 3.63. The van der Waals surface area contributed by atoms with Crippen molar-refractivity contribution >= 4 is 23.1 Å². The van der Waals surface area contributed by atoms with Crippen LogP contribution in [-0.4, -0.2) is 11.7 Å². The van der Waals surface area contributed by atoms with E-state index in [9.17, 15) is 4.79 Å². The van der Waals surface area contributed by atoms with Gasteiger partial charge in [0.2, 0.25) is 0 Å². The summed E-state index contributed by atoms with van der Waals surface area (Å²) >= 11 is 1.63. The Balaban J connectivity index is 1.98. The molecule has 1 N–H and O–H groups in total. The molecule has 1 heterocycles. The van der Waals surface area contributed by atoms with Crippen molar-refractivity contribution in [2.45, 2.75) is 51.6 Å². The van der Waals surface area contributed by atoms with E-state index in [1.807, 2.05) is 26.2 Å². The van der Waals surface area contributed by atoms with Crippen LogP contribution < -0.4 is 5.32 Å². The van der Waals surface area contributed by atoms with Gasteiger partial charge in [-0.15, -0.1) is 11.3 Å². The monoisotopic (exact) mass is 253 g/mol. The molecule has 0 saturated heterocycles. The highest BCUT2D eigenvalue weighted by atomic mass is 32.1. The number of rotatable bonds is 2. The Bertz CT molecular complexity index is 402. The number of hydrogen-bond acceptors (Lipinski definition) is 3. The molecule has 1 aliphatic carbocycles. The highest BCUT2D eigenvalue weighted by molar-refractivity contribution is 7.08. The van der Waals surface area contributed by atoms with Gasteiger partial charge in [0.25, 0.3) is 0 Å². The first kappa shape index (κ1) is 12.4. The van der Waals surface area contributed by atoms with Crippen LogP contribution in [0, 0.1) is 0 Å². The molecule has 2 rings (SSSR count). The molecule has 1 fully saturated rings. The second-order valence-corrected chi connectivity index (χ2v) is 6.24. The van der Waals surface area contributed by atoms with Crippen molar-refractivity contribution in [3.05, 3.63) is 16.3 Å². The summed E-state index contributed by atoms with van der Waals surface area (Å²) in [6, 6.07) is 0. The lowest BCUT2D eigenvalue weighted by Crippen LogP contribution is -2.27. The SMILES string of the molecule is CC(C)(C)OC(=O)Nc1cscc1C1CCC1. The standard InChI is InChI=1S/C13H19NO2S/c1-13(2,3)16-12(15)14-11-8-17-7-10(11)9-5-4-6-9/h7-9H,4-6H2,1-3H3,(H,14,15). The van der Waals surface area contributed by atoms with Crippen LogP contribution in [0.2, 0.25) is 0 Å². The summed E-state index contributed by atoms with van der Waals surface area (Å²) in [4.78, 5) is 11.7. The van der Waals surface area contributed by atoms with E-state index in [-0.39, 0.29) is 6.09 Å². The third-order valence-electron chi connectivity index (χ3n) is 2.87. The number of amides is 1. The molecule has 0 unspecified atom stereocenters. The van der Waals surface area contributed by atoms with Crippen LogP contribution in [0.1, 0.15) is 51.5 Å². The second kappa shape index (κ2) is 4.69. The number of carbonyl (C=O) groups is 1. The predicted octanol–water partition coefficient (Wildman–Crippen LogP) is 4.36. The Morgan fingerprint density at radius 3 is 2.65 bits per heavy atom. The van der Waals surface area contributed by atoms with Gasteiger partial charge < -0.3 is 4.74 Å². The number of thiophene rings is 1. The third kappa shape index (κ3) is 3.22. The summed E-state index contributed by atoms with van der Waals surface area (Å²) in [6.45, 7) is 5.60. The lowest BCUT2D eigenvalue weighted by Gasteiger charge is -2.26. The molecule has 1 aromatic heterocycles. The summed E-state index contributed by atoms with van der Waals surface area (Å²) in [6.07, 6.45) is 3.41. The van der Waals surface area contributed by atoms with Gasteiger partial charge in [-0.3, -0.25) is 5.32 Å². The van der Waals surface area contributed by atoms with Gasteiger partial charge in [-0.2, -0.15) is 0 Å². The Hall–Kier alpha value is -1.03. The van der Waals surface area contributed by atoms with Crippen molar-refractivity contribution in [1.29, 1.82) is 0 Å². The highest BCUT2D eigenvalue weighted by Gasteiger charge is 2.24. The summed E-state index contributed by atoms with van der Waals surface area (Å²) in [5, 5.41) is 6.96. The van der Waals surface area contributed by atoms with E-state index in [0.717, 1.165) is 5.69 Å². The summed E-state index contributed by atoms with van der Waals surface area (Å²) in [5.41, 5.74) is 1.75. The number of nitrogens with one attached hydrogen (secondary N) is 1. The normalized spacial score (nSPS) is 16.4. The fourth-order valence-electron chi connectivity index (χ4n) is 1.86. The largest absolute Gasteiger partial charge is 0.444 e. The lowest BCUT2D eigenvalue weighted by atomic mass is 9.81. The molecule has 0 atom stereocenters. The lowest BCUT2D eigenvalue weighted by molar-refractivity contribution is 0.0636. The fourth-order valence-corrected chi connectivity index (χ4v) is 2.72. The van der Waals surface area contributed by atoms with Gasteiger partial charge in [0, 0.05) is 5.38 Å². The van der Waals surface area contributed by atoms with Crippen LogP contribution in [0.4, 0.5) is 10.5 Å². The van der Waals surface area contributed by atoms with Gasteiger partial charge in [-0.25, -0.2) is 4.79 Å². The smallest absolute Gasteiger partial charge is 0.412 e. The molecule has 94 valence electrons. The maximum absolute atomic E-state index is 11.7. The number of ether oxygens (including phenoxy) is 1. The van der Waals surface area contributed by atoms with Crippen molar-refractivity contribution in [3.8, 4) is 0 Å². The van der Waals surface area contributed by atoms with Crippen molar-refractivity contribution in [3.63, 3.8) is 0 Å². The first-order chi connectivity index (χ1) is 7.96. The molecule has 1 saturated carbocycles. The van der Waals surface area contributed by atoms with Gasteiger partial charge in [0.15, 0.2) is 0 Å². The molecule has 4 heteroatoms. The minimum absolute atomic E-state index is 0.364. The van der Waals surface area contributed by atoms with Crippen molar-refractivity contribution in [2.75, 3.05) is 5.32 Å². The quantitative estimate of drug-likeness (QED) is 0.850. The summed E-state index contributed by atoms with van der Waals surface area (Å²) in [7, 11) is 0. The highest BCUT2D eigenvalue weighted by Crippen LogP contribution is 2.41. The zero-order valence-corrected chi connectivity index (χ0v) is 11.4. The predicted molar refractivity (Wildman–Crippen MR) is 70.8 cm³/mol. The van der Waals surface area contributed by atoms with Crippen LogP contribution in [-0.2, 0) is 4.74 Å². The van der Waals surface area contributed by atoms with E-state index in [4.69, 9.17) is 4.74 Å². The zero-order chi connectivity index (χ0) is 12.5. The summed E-state index contributed by atoms with van der Waals surface area (Å²) in [5.74, 6) is 0.631. The van der Waals surface area contributed by atoms with Gasteiger partial charge in [-0.1, -0.05) is 6.42 Å². The Kier molecular flexibility index (Phi) is 3.43. The van der Waals surface area contributed by atoms with Gasteiger partial charge in [-0.05, 0) is 50.5 Å². The first-order valence-corrected chi connectivity index (χ1v) is 6.96. The first-order valence-electron chi connectivity index (χ1n) is 6.02. The molecule has 1 amide bonds. The number of carbonyl (C=O) groups excluding carboxylic acids is 1. The van der Waals surface area contributed by atoms with E-state index in [1.54, 1.807) is 11.3 Å². The number of hydrogen-bond donors (Lipinski definition) is 1. The second-order valence-electron chi connectivity index (χ2n) is 5.50. The average Bonchev–Trinajstić information content (AvgIpc) is 2.46. The topological polar surface area (TPSA) is 38.3 Å².